The Kier molecular flexibility index (Phi) is 11.2. The zero-order valence-electron chi connectivity index (χ0n) is 41.9. The summed E-state index contributed by atoms with van der Waals surface area (Å²) in [6.07, 6.45) is 18.1. The van der Waals surface area contributed by atoms with Crippen molar-refractivity contribution in [3.8, 4) is 0 Å². The molecule has 5 aliphatic rings. The molecule has 7 aromatic rings. The topological polar surface area (TPSA) is 17.1 Å². The molecule has 0 aromatic heterocycles. The van der Waals surface area contributed by atoms with E-state index in [9.17, 15) is 4.79 Å². The van der Waals surface area contributed by atoms with Gasteiger partial charge in [-0.25, -0.2) is 0 Å². The van der Waals surface area contributed by atoms with E-state index in [-0.39, 0.29) is 23.1 Å². The third-order valence-corrected chi connectivity index (χ3v) is 20.3. The Morgan fingerprint density at radius 1 is 0.586 bits per heavy atom. The SMILES string of the molecule is Cc1cc(C)c(B(c2cccc(/C3=C/C=C\C(c4ccc(C56CC7(c8ccc(P(C(=O)c9ccccc9)c9ccccc9)cc8)CC8CC5(C6)C8C7)cc4)=C/CC3)c2)c2c(C)cc(C)cc2C)c(C)c1. The van der Waals surface area contributed by atoms with E-state index in [0.29, 0.717) is 5.41 Å². The van der Waals surface area contributed by atoms with E-state index in [1.54, 1.807) is 5.56 Å². The Labute approximate surface area is 418 Å². The molecule has 1 nitrogen and oxygen atoms in total. The molecule has 0 heterocycles. The second-order valence-corrected chi connectivity index (χ2v) is 24.4. The highest BCUT2D eigenvalue weighted by atomic mass is 31.1. The van der Waals surface area contributed by atoms with Crippen LogP contribution in [0.5, 0.6) is 0 Å². The van der Waals surface area contributed by atoms with Crippen molar-refractivity contribution in [2.45, 2.75) is 97.3 Å². The Morgan fingerprint density at radius 3 is 1.86 bits per heavy atom. The van der Waals surface area contributed by atoms with Crippen molar-refractivity contribution in [2.75, 3.05) is 0 Å². The average molecular weight is 927 g/mol. The summed E-state index contributed by atoms with van der Waals surface area (Å²) in [4.78, 5) is 14.1. The van der Waals surface area contributed by atoms with E-state index in [4.69, 9.17) is 0 Å². The van der Waals surface area contributed by atoms with E-state index >= 15 is 0 Å². The minimum absolute atomic E-state index is 0.161. The zero-order valence-corrected chi connectivity index (χ0v) is 42.8. The Balaban J connectivity index is 0.790. The molecule has 0 N–H and O–H groups in total. The Morgan fingerprint density at radius 2 is 1.20 bits per heavy atom. The van der Waals surface area contributed by atoms with Crippen LogP contribution < -0.4 is 27.0 Å². The minimum atomic E-state index is -1.18. The van der Waals surface area contributed by atoms with Crippen LogP contribution in [0.15, 0.2) is 182 Å². The van der Waals surface area contributed by atoms with Crippen LogP contribution in [0, 0.1) is 58.8 Å². The molecule has 6 atom stereocenters. The number of benzene rings is 7. The predicted octanol–water partition coefficient (Wildman–Crippen LogP) is 13.5. The van der Waals surface area contributed by atoms with E-state index < -0.39 is 7.92 Å². The largest absolute Gasteiger partial charge is 0.288 e. The molecule has 0 aliphatic heterocycles. The lowest BCUT2D eigenvalue weighted by atomic mass is 9.34. The molecule has 1 spiro atoms. The number of aryl methyl sites for hydroxylation is 6. The average Bonchev–Trinajstić information content (AvgIpc) is 3.99. The van der Waals surface area contributed by atoms with Gasteiger partial charge in [0.2, 0.25) is 6.71 Å². The van der Waals surface area contributed by atoms with Crippen molar-refractivity contribution < 1.29 is 4.79 Å². The van der Waals surface area contributed by atoms with Crippen molar-refractivity contribution >= 4 is 58.3 Å². The fraction of sp³-hybridized carbons (Fsp3) is 0.269. The van der Waals surface area contributed by atoms with Gasteiger partial charge in [0.15, 0.2) is 5.52 Å². The summed E-state index contributed by atoms with van der Waals surface area (Å²) < 4.78 is 0. The van der Waals surface area contributed by atoms with Crippen LogP contribution in [-0.4, -0.2) is 12.2 Å². The van der Waals surface area contributed by atoms with E-state index in [1.807, 2.05) is 36.4 Å². The van der Waals surface area contributed by atoms with Crippen LogP contribution in [0.4, 0.5) is 0 Å². The molecule has 0 saturated heterocycles. The number of hydrogen-bond donors (Lipinski definition) is 0. The lowest BCUT2D eigenvalue weighted by Gasteiger charge is -2.49. The zero-order chi connectivity index (χ0) is 47.9. The Hall–Kier alpha value is -6.08. The summed E-state index contributed by atoms with van der Waals surface area (Å²) in [5, 5.41) is 2.26. The molecule has 5 aliphatic carbocycles. The predicted molar refractivity (Wildman–Crippen MR) is 299 cm³/mol. The fourth-order valence-electron chi connectivity index (χ4n) is 15.2. The highest BCUT2D eigenvalue weighted by Gasteiger charge is 2.83. The second-order valence-electron chi connectivity index (χ2n) is 22.2. The lowest BCUT2D eigenvalue weighted by Crippen LogP contribution is -2.55. The molecule has 0 radical (unpaired) electrons. The summed E-state index contributed by atoms with van der Waals surface area (Å²) in [5.74, 6) is 1.68. The summed E-state index contributed by atoms with van der Waals surface area (Å²) >= 11 is 0. The lowest BCUT2D eigenvalue weighted by molar-refractivity contribution is 0.0415. The summed E-state index contributed by atoms with van der Waals surface area (Å²) in [7, 11) is -1.18. The first kappa shape index (κ1) is 45.1. The van der Waals surface area contributed by atoms with E-state index in [0.717, 1.165) is 40.8 Å². The molecular formula is C67H64BOP. The van der Waals surface area contributed by atoms with Crippen molar-refractivity contribution in [1.29, 1.82) is 0 Å². The van der Waals surface area contributed by atoms with Gasteiger partial charge in [-0.05, 0) is 153 Å². The first-order valence-corrected chi connectivity index (χ1v) is 27.3. The number of carbonyl (C=O) groups is 1. The number of rotatable bonds is 11. The Bertz CT molecular complexity index is 3180. The first-order chi connectivity index (χ1) is 34.0. The first-order valence-electron chi connectivity index (χ1n) is 26.0. The molecule has 346 valence electrons. The second kappa shape index (κ2) is 17.4. The summed E-state index contributed by atoms with van der Waals surface area (Å²) in [6.45, 7) is 13.8. The molecule has 0 amide bonds. The van der Waals surface area contributed by atoms with Crippen LogP contribution >= 0.6 is 7.92 Å². The van der Waals surface area contributed by atoms with Gasteiger partial charge in [0, 0.05) is 18.9 Å². The maximum atomic E-state index is 14.1. The third-order valence-electron chi connectivity index (χ3n) is 18.0. The smallest absolute Gasteiger partial charge is 0.242 e. The summed E-state index contributed by atoms with van der Waals surface area (Å²) in [6, 6.07) is 58.5. The monoisotopic (exact) mass is 926 g/mol. The molecular weight excluding hydrogens is 863 g/mol. The highest BCUT2D eigenvalue weighted by Crippen LogP contribution is 2.89. The molecule has 4 fully saturated rings. The van der Waals surface area contributed by atoms with E-state index in [2.05, 4.69) is 187 Å². The van der Waals surface area contributed by atoms with Crippen LogP contribution in [0.2, 0.25) is 0 Å². The van der Waals surface area contributed by atoms with Gasteiger partial charge in [-0.2, -0.15) is 0 Å². The number of allylic oxidation sites excluding steroid dienone is 6. The fourth-order valence-corrected chi connectivity index (χ4v) is 17.3. The summed E-state index contributed by atoms with van der Waals surface area (Å²) in [5.41, 5.74) is 22.7. The van der Waals surface area contributed by atoms with Gasteiger partial charge in [-0.15, -0.1) is 0 Å². The van der Waals surface area contributed by atoms with Crippen molar-refractivity contribution in [3.63, 3.8) is 0 Å². The molecule has 12 rings (SSSR count). The van der Waals surface area contributed by atoms with Crippen molar-refractivity contribution in [2.24, 2.45) is 17.3 Å². The maximum absolute atomic E-state index is 14.1. The molecule has 6 unspecified atom stereocenters. The quantitative estimate of drug-likeness (QED) is 0.0933. The van der Waals surface area contributed by atoms with Gasteiger partial charge >= 0.3 is 0 Å². The van der Waals surface area contributed by atoms with Gasteiger partial charge in [0.05, 0.1) is 0 Å². The molecule has 4 saturated carbocycles. The van der Waals surface area contributed by atoms with Crippen molar-refractivity contribution in [1.82, 2.24) is 0 Å². The third kappa shape index (κ3) is 7.43. The van der Waals surface area contributed by atoms with Crippen LogP contribution in [-0.2, 0) is 10.8 Å². The highest BCUT2D eigenvalue weighted by molar-refractivity contribution is 7.88. The number of hydrogen-bond acceptors (Lipinski definition) is 1. The molecule has 7 aromatic carbocycles. The van der Waals surface area contributed by atoms with Gasteiger partial charge in [-0.3, -0.25) is 4.79 Å². The van der Waals surface area contributed by atoms with E-state index in [1.165, 1.54) is 110 Å². The molecule has 3 heteroatoms. The van der Waals surface area contributed by atoms with Crippen LogP contribution in [0.25, 0.3) is 11.1 Å². The van der Waals surface area contributed by atoms with Crippen LogP contribution in [0.3, 0.4) is 0 Å². The van der Waals surface area contributed by atoms with Gasteiger partial charge in [0.1, 0.15) is 0 Å². The van der Waals surface area contributed by atoms with Crippen LogP contribution in [0.1, 0.15) is 111 Å². The number of carbonyl (C=O) groups excluding carboxylic acids is 1. The van der Waals surface area contributed by atoms with Gasteiger partial charge in [0.25, 0.3) is 0 Å². The maximum Gasteiger partial charge on any atom is 0.242 e. The standard InChI is InChI=1S/C67H64BOP/c1-44-34-46(3)62(47(4)35-44)68(63-48(5)36-45(2)37-49(63)6)58-23-15-22-54(38-58)51-20-13-18-50(19-14-21-51)52-26-28-57(29-27-52)67-42-65(39-55-40-66(67,43-67)61(55)41-65)56-30-32-60(33-31-56)70(59-24-11-8-12-25-59)64(69)53-16-9-7-10-17-53/h7-13,15-20,22-38,55,61H,14,21,39-43H2,1-6H3/b18-13-,50-19+,51-20+. The van der Waals surface area contributed by atoms with Crippen molar-refractivity contribution in [3.05, 3.63) is 243 Å². The number of fused-ring (bicyclic) bond motifs is 1. The van der Waals surface area contributed by atoms with Gasteiger partial charge in [-0.1, -0.05) is 232 Å². The molecule has 70 heavy (non-hydrogen) atoms. The minimum Gasteiger partial charge on any atom is -0.288 e. The normalized spacial score (nSPS) is 26.3. The molecule has 2 bridgehead atoms. The van der Waals surface area contributed by atoms with Gasteiger partial charge < -0.3 is 0 Å².